The van der Waals surface area contributed by atoms with E-state index in [1.807, 2.05) is 6.92 Å². The summed E-state index contributed by atoms with van der Waals surface area (Å²) in [5, 5.41) is 8.36. The average Bonchev–Trinajstić information content (AvgIpc) is 2.81. The maximum Gasteiger partial charge on any atom is 0.331 e. The van der Waals surface area contributed by atoms with E-state index >= 15 is 0 Å². The number of esters is 1. The number of carbonyl (C=O) groups is 2. The first-order valence-electron chi connectivity index (χ1n) is 5.42. The summed E-state index contributed by atoms with van der Waals surface area (Å²) in [6.45, 7) is 2.90. The molecule has 0 unspecified atom stereocenters. The van der Waals surface area contributed by atoms with Gasteiger partial charge in [-0.2, -0.15) is 0 Å². The standard InChI is InChI=1S/C11H14O6/c1-6-4-15-11-7(5-16-10(6)11)17-9(14)3-2-8(12)13/h2-3,6-7,10-11H,4-5H2,1H3,(H,12,13)/b3-2-/t6-,7-,10-,11-/m1/s1. The van der Waals surface area contributed by atoms with Crippen LogP contribution in [0.15, 0.2) is 12.2 Å². The summed E-state index contributed by atoms with van der Waals surface area (Å²) < 4.78 is 16.1. The molecule has 2 aliphatic heterocycles. The van der Waals surface area contributed by atoms with Crippen LogP contribution in [0.4, 0.5) is 0 Å². The summed E-state index contributed by atoms with van der Waals surface area (Å²) in [6.07, 6.45) is 0.918. The molecule has 6 nitrogen and oxygen atoms in total. The molecule has 0 saturated carbocycles. The number of hydrogen-bond acceptors (Lipinski definition) is 5. The van der Waals surface area contributed by atoms with Crippen LogP contribution in [0.3, 0.4) is 0 Å². The fourth-order valence-electron chi connectivity index (χ4n) is 2.08. The summed E-state index contributed by atoms with van der Waals surface area (Å²) >= 11 is 0. The van der Waals surface area contributed by atoms with Crippen molar-refractivity contribution in [2.24, 2.45) is 5.92 Å². The van der Waals surface area contributed by atoms with E-state index in [-0.39, 0.29) is 12.2 Å². The lowest BCUT2D eigenvalue weighted by molar-refractivity contribution is -0.148. The quantitative estimate of drug-likeness (QED) is 0.553. The third-order valence-corrected chi connectivity index (χ3v) is 2.89. The highest BCUT2D eigenvalue weighted by Gasteiger charge is 2.47. The molecule has 0 aromatic carbocycles. The van der Waals surface area contributed by atoms with E-state index in [0.29, 0.717) is 19.1 Å². The SMILES string of the molecule is C[C@@H]1CO[C@H]2[C@@H]1OC[C@H]2OC(=O)/C=C\C(=O)O. The van der Waals surface area contributed by atoms with Gasteiger partial charge < -0.3 is 19.3 Å². The van der Waals surface area contributed by atoms with Crippen molar-refractivity contribution in [2.45, 2.75) is 25.2 Å². The minimum atomic E-state index is -1.19. The van der Waals surface area contributed by atoms with Crippen molar-refractivity contribution in [2.75, 3.05) is 13.2 Å². The molecule has 0 bridgehead atoms. The zero-order chi connectivity index (χ0) is 12.4. The molecule has 1 N–H and O–H groups in total. The Labute approximate surface area is 98.1 Å². The summed E-state index contributed by atoms with van der Waals surface area (Å²) in [7, 11) is 0. The first-order chi connectivity index (χ1) is 8.08. The molecular weight excluding hydrogens is 228 g/mol. The number of hydrogen-bond donors (Lipinski definition) is 1. The second kappa shape index (κ2) is 4.85. The van der Waals surface area contributed by atoms with Gasteiger partial charge in [0.05, 0.1) is 19.3 Å². The Morgan fingerprint density at radius 3 is 2.65 bits per heavy atom. The number of carboxylic acid groups (broad SMARTS) is 1. The smallest absolute Gasteiger partial charge is 0.331 e. The van der Waals surface area contributed by atoms with Crippen molar-refractivity contribution in [3.8, 4) is 0 Å². The van der Waals surface area contributed by atoms with Crippen molar-refractivity contribution in [3.05, 3.63) is 12.2 Å². The molecule has 4 atom stereocenters. The number of fused-ring (bicyclic) bond motifs is 1. The second-order valence-corrected chi connectivity index (χ2v) is 4.22. The lowest BCUT2D eigenvalue weighted by atomic mass is 10.0. The van der Waals surface area contributed by atoms with Crippen LogP contribution < -0.4 is 0 Å². The first kappa shape index (κ1) is 12.1. The van der Waals surface area contributed by atoms with E-state index in [9.17, 15) is 9.59 Å². The molecule has 6 heteroatoms. The van der Waals surface area contributed by atoms with Crippen molar-refractivity contribution in [1.29, 1.82) is 0 Å². The minimum absolute atomic E-state index is 0.0312. The number of aliphatic carboxylic acids is 1. The molecule has 2 saturated heterocycles. The largest absolute Gasteiger partial charge is 0.478 e. The topological polar surface area (TPSA) is 82.1 Å². The van der Waals surface area contributed by atoms with Crippen molar-refractivity contribution < 1.29 is 28.9 Å². The van der Waals surface area contributed by atoms with E-state index in [1.54, 1.807) is 0 Å². The molecule has 94 valence electrons. The predicted molar refractivity (Wildman–Crippen MR) is 55.3 cm³/mol. The van der Waals surface area contributed by atoms with Crippen LogP contribution in [-0.4, -0.2) is 48.6 Å². The summed E-state index contributed by atoms with van der Waals surface area (Å²) in [5.41, 5.74) is 0. The van der Waals surface area contributed by atoms with Gasteiger partial charge in [0.1, 0.15) is 6.10 Å². The van der Waals surface area contributed by atoms with E-state index in [4.69, 9.17) is 19.3 Å². The molecule has 0 aliphatic carbocycles. The van der Waals surface area contributed by atoms with Gasteiger partial charge >= 0.3 is 11.9 Å². The fraction of sp³-hybridized carbons (Fsp3) is 0.636. The molecule has 2 aliphatic rings. The molecule has 0 aromatic rings. The predicted octanol–water partition coefficient (Wildman–Crippen LogP) is -0.0273. The Balaban J connectivity index is 1.88. The third-order valence-electron chi connectivity index (χ3n) is 2.89. The molecule has 2 heterocycles. The Bertz CT molecular complexity index is 350. The monoisotopic (exact) mass is 242 g/mol. The number of carbonyl (C=O) groups excluding carboxylic acids is 1. The van der Waals surface area contributed by atoms with Crippen molar-refractivity contribution >= 4 is 11.9 Å². The van der Waals surface area contributed by atoms with Crippen molar-refractivity contribution in [1.82, 2.24) is 0 Å². The maximum atomic E-state index is 11.3. The van der Waals surface area contributed by atoms with Crippen LogP contribution in [0.5, 0.6) is 0 Å². The number of rotatable bonds is 3. The van der Waals surface area contributed by atoms with Crippen LogP contribution >= 0.6 is 0 Å². The average molecular weight is 242 g/mol. The Morgan fingerprint density at radius 1 is 1.24 bits per heavy atom. The fourth-order valence-corrected chi connectivity index (χ4v) is 2.08. The number of carboxylic acids is 1. The summed E-state index contributed by atoms with van der Waals surface area (Å²) in [5.74, 6) is -1.59. The molecular formula is C11H14O6. The minimum Gasteiger partial charge on any atom is -0.478 e. The highest BCUT2D eigenvalue weighted by Crippen LogP contribution is 2.32. The molecule has 0 aromatic heterocycles. The molecule has 2 fully saturated rings. The van der Waals surface area contributed by atoms with Gasteiger partial charge in [-0.15, -0.1) is 0 Å². The number of ether oxygens (including phenoxy) is 3. The van der Waals surface area contributed by atoms with Crippen LogP contribution in [0.2, 0.25) is 0 Å². The van der Waals surface area contributed by atoms with Gasteiger partial charge in [0.2, 0.25) is 0 Å². The Kier molecular flexibility index (Phi) is 3.44. The van der Waals surface area contributed by atoms with Gasteiger partial charge in [0.15, 0.2) is 6.10 Å². The molecule has 0 amide bonds. The zero-order valence-corrected chi connectivity index (χ0v) is 9.37. The van der Waals surface area contributed by atoms with Gasteiger partial charge in [0.25, 0.3) is 0 Å². The van der Waals surface area contributed by atoms with Gasteiger partial charge in [-0.3, -0.25) is 0 Å². The maximum absolute atomic E-state index is 11.3. The second-order valence-electron chi connectivity index (χ2n) is 4.22. The summed E-state index contributed by atoms with van der Waals surface area (Å²) in [6, 6.07) is 0. The van der Waals surface area contributed by atoms with Crippen LogP contribution in [0.25, 0.3) is 0 Å². The lowest BCUT2D eigenvalue weighted by Crippen LogP contribution is -2.32. The summed E-state index contributed by atoms with van der Waals surface area (Å²) in [4.78, 5) is 21.5. The highest BCUT2D eigenvalue weighted by atomic mass is 16.6. The zero-order valence-electron chi connectivity index (χ0n) is 9.37. The molecule has 0 spiro atoms. The lowest BCUT2D eigenvalue weighted by Gasteiger charge is -2.15. The van der Waals surface area contributed by atoms with Gasteiger partial charge in [0, 0.05) is 18.1 Å². The molecule has 0 radical (unpaired) electrons. The van der Waals surface area contributed by atoms with Crippen LogP contribution in [0, 0.1) is 5.92 Å². The first-order valence-corrected chi connectivity index (χ1v) is 5.42. The van der Waals surface area contributed by atoms with E-state index in [1.165, 1.54) is 0 Å². The van der Waals surface area contributed by atoms with Gasteiger partial charge in [-0.25, -0.2) is 9.59 Å². The van der Waals surface area contributed by atoms with Gasteiger partial charge in [-0.1, -0.05) is 6.92 Å². The van der Waals surface area contributed by atoms with Gasteiger partial charge in [-0.05, 0) is 0 Å². The van der Waals surface area contributed by atoms with E-state index < -0.39 is 18.0 Å². The van der Waals surface area contributed by atoms with E-state index in [2.05, 4.69) is 0 Å². The molecule has 17 heavy (non-hydrogen) atoms. The Hall–Kier alpha value is -1.40. The van der Waals surface area contributed by atoms with E-state index in [0.717, 1.165) is 12.2 Å². The third kappa shape index (κ3) is 2.65. The van der Waals surface area contributed by atoms with Crippen LogP contribution in [-0.2, 0) is 23.8 Å². The highest BCUT2D eigenvalue weighted by molar-refractivity contribution is 5.90. The van der Waals surface area contributed by atoms with Crippen molar-refractivity contribution in [3.63, 3.8) is 0 Å². The normalized spacial score (nSPS) is 36.1. The van der Waals surface area contributed by atoms with Crippen LogP contribution in [0.1, 0.15) is 6.92 Å². The Morgan fingerprint density at radius 2 is 1.94 bits per heavy atom. The molecule has 2 rings (SSSR count).